The molecule has 6 atom stereocenters. The van der Waals surface area contributed by atoms with Crippen LogP contribution in [0, 0.1) is 23.6 Å². The van der Waals surface area contributed by atoms with Gasteiger partial charge in [0.25, 0.3) is 5.88 Å². The zero-order valence-electron chi connectivity index (χ0n) is 37.2. The van der Waals surface area contributed by atoms with Crippen LogP contribution in [0.4, 0.5) is 4.39 Å². The fourth-order valence-corrected chi connectivity index (χ4v) is 12.4. The molecular weight excluding hydrogens is 814 g/mol. The molecule has 1 saturated heterocycles. The van der Waals surface area contributed by atoms with E-state index >= 15 is 14.0 Å². The van der Waals surface area contributed by atoms with Gasteiger partial charge in [-0.05, 0) is 85.5 Å². The molecule has 9 rings (SSSR count). The van der Waals surface area contributed by atoms with Crippen molar-refractivity contribution in [1.29, 1.82) is 0 Å². The standard InChI is InChI=1S/C51H58FN3O7Si/c1-9-22-55(23-10-2)43-36-27-33-26-34-39(45(59-28-30-17-13-11-14-18-30)35-25-32-21-24-54(6)42(32)38(35)41(34)52)44(56)37(33)47(57)51(36,62-63(7,8)50(3,4)5)48(58)40-46(43)61-53-49(40)60-29-31-19-15-12-16-20-31/h9-20,32-33,36,42-43,56H,1-2,21-29H2,3-8H3/t32-,33-,36-,42-,43-,51-/m0/s1. The summed E-state index contributed by atoms with van der Waals surface area (Å²) in [6.45, 7) is 20.2. The number of nitrogens with zero attached hydrogens (tertiary/aromatic N) is 3. The maximum atomic E-state index is 17.6. The zero-order valence-corrected chi connectivity index (χ0v) is 38.2. The Bertz CT molecular complexity index is 2500. The Labute approximate surface area is 370 Å². The molecule has 1 aromatic heterocycles. The fourth-order valence-electron chi connectivity index (χ4n) is 10.9. The van der Waals surface area contributed by atoms with E-state index in [1.54, 1.807) is 12.2 Å². The van der Waals surface area contributed by atoms with Crippen LogP contribution in [0.1, 0.15) is 95.2 Å². The van der Waals surface area contributed by atoms with Crippen LogP contribution in [0.3, 0.4) is 0 Å². The zero-order chi connectivity index (χ0) is 44.6. The van der Waals surface area contributed by atoms with Crippen LogP contribution in [0.15, 0.2) is 96.1 Å². The summed E-state index contributed by atoms with van der Waals surface area (Å²) in [4.78, 5) is 36.4. The summed E-state index contributed by atoms with van der Waals surface area (Å²) >= 11 is 0. The lowest BCUT2D eigenvalue weighted by molar-refractivity contribution is -0.141. The highest BCUT2D eigenvalue weighted by atomic mass is 28.4. The van der Waals surface area contributed by atoms with Gasteiger partial charge in [-0.2, -0.15) is 0 Å². The molecule has 330 valence electrons. The molecule has 2 fully saturated rings. The first kappa shape index (κ1) is 43.1. The third-order valence-electron chi connectivity index (χ3n) is 14.8. The molecule has 0 bridgehead atoms. The molecule has 4 aliphatic carbocycles. The number of likely N-dealkylation sites (tertiary alicyclic amines) is 1. The number of fused-ring (bicyclic) bond motifs is 7. The first-order valence-electron chi connectivity index (χ1n) is 22.2. The number of halogens is 1. The van der Waals surface area contributed by atoms with Gasteiger partial charge in [0.1, 0.15) is 36.1 Å². The Kier molecular flexibility index (Phi) is 11.0. The molecule has 10 nitrogen and oxygen atoms in total. The summed E-state index contributed by atoms with van der Waals surface area (Å²) in [6, 6.07) is 18.4. The molecule has 3 aromatic carbocycles. The van der Waals surface area contributed by atoms with Gasteiger partial charge in [-0.1, -0.05) is 93.6 Å². The number of ether oxygens (including phenoxy) is 2. The van der Waals surface area contributed by atoms with Crippen molar-refractivity contribution in [1.82, 2.24) is 15.0 Å². The summed E-state index contributed by atoms with van der Waals surface area (Å²) in [6.07, 6.45) is 5.34. The number of carbonyl (C=O) groups is 2. The Hall–Kier alpha value is -5.14. The van der Waals surface area contributed by atoms with Crippen molar-refractivity contribution in [3.05, 3.63) is 142 Å². The number of hydrogen-bond acceptors (Lipinski definition) is 10. The first-order chi connectivity index (χ1) is 30.1. The molecule has 4 aromatic rings. The van der Waals surface area contributed by atoms with Crippen LogP contribution in [0.25, 0.3) is 5.76 Å². The maximum absolute atomic E-state index is 17.6. The van der Waals surface area contributed by atoms with Gasteiger partial charge < -0.3 is 23.5 Å². The lowest BCUT2D eigenvalue weighted by Crippen LogP contribution is -2.68. The van der Waals surface area contributed by atoms with Crippen molar-refractivity contribution >= 4 is 25.6 Å². The van der Waals surface area contributed by atoms with Gasteiger partial charge in [0.2, 0.25) is 11.6 Å². The molecule has 1 saturated carbocycles. The number of carbonyl (C=O) groups excluding carboxylic acids is 2. The number of Topliss-reactive ketones (excluding diaryl/α,β-unsaturated/α-hetero) is 2. The molecule has 5 aliphatic rings. The van der Waals surface area contributed by atoms with Crippen LogP contribution < -0.4 is 9.47 Å². The van der Waals surface area contributed by atoms with Crippen molar-refractivity contribution in [2.75, 3.05) is 26.7 Å². The third kappa shape index (κ3) is 6.87. The second-order valence-electron chi connectivity index (χ2n) is 19.6. The Morgan fingerprint density at radius 2 is 1.59 bits per heavy atom. The largest absolute Gasteiger partial charge is 0.507 e. The summed E-state index contributed by atoms with van der Waals surface area (Å²) in [5.74, 6) is -2.63. The number of benzene rings is 3. The molecular formula is C51H58FN3O7Si. The Balaban J connectivity index is 1.26. The van der Waals surface area contributed by atoms with E-state index in [2.05, 4.69) is 48.9 Å². The first-order valence-corrected chi connectivity index (χ1v) is 25.1. The average molecular weight is 872 g/mol. The van der Waals surface area contributed by atoms with Crippen molar-refractivity contribution in [3.63, 3.8) is 0 Å². The van der Waals surface area contributed by atoms with Gasteiger partial charge in [-0.3, -0.25) is 19.4 Å². The van der Waals surface area contributed by atoms with Crippen LogP contribution >= 0.6 is 0 Å². The lowest BCUT2D eigenvalue weighted by atomic mass is 9.57. The van der Waals surface area contributed by atoms with Crippen molar-refractivity contribution < 1.29 is 37.5 Å². The predicted octanol–water partition coefficient (Wildman–Crippen LogP) is 9.92. The lowest BCUT2D eigenvalue weighted by Gasteiger charge is -2.55. The van der Waals surface area contributed by atoms with E-state index in [1.807, 2.05) is 80.8 Å². The molecule has 1 aliphatic heterocycles. The minimum Gasteiger partial charge on any atom is -0.507 e. The van der Waals surface area contributed by atoms with E-state index in [1.165, 1.54) is 0 Å². The number of ketones is 2. The summed E-state index contributed by atoms with van der Waals surface area (Å²) in [5, 5.41) is 16.8. The van der Waals surface area contributed by atoms with Crippen molar-refractivity contribution in [2.24, 2.45) is 17.8 Å². The van der Waals surface area contributed by atoms with E-state index in [-0.39, 0.29) is 77.9 Å². The minimum absolute atomic E-state index is 0.0375. The molecule has 12 heteroatoms. The van der Waals surface area contributed by atoms with Gasteiger partial charge in [-0.25, -0.2) is 4.39 Å². The number of rotatable bonds is 13. The highest BCUT2D eigenvalue weighted by Crippen LogP contribution is 2.61. The normalized spacial score (nSPS) is 25.2. The quantitative estimate of drug-likeness (QED) is 0.0791. The van der Waals surface area contributed by atoms with Gasteiger partial charge in [0.05, 0.1) is 11.6 Å². The average Bonchev–Trinajstić information content (AvgIpc) is 3.96. The van der Waals surface area contributed by atoms with E-state index in [0.29, 0.717) is 36.4 Å². The van der Waals surface area contributed by atoms with E-state index < -0.39 is 48.4 Å². The van der Waals surface area contributed by atoms with Crippen LogP contribution in [-0.4, -0.2) is 72.2 Å². The summed E-state index contributed by atoms with van der Waals surface area (Å²) < 4.78 is 44.2. The van der Waals surface area contributed by atoms with E-state index in [9.17, 15) is 5.11 Å². The monoisotopic (exact) mass is 871 g/mol. The van der Waals surface area contributed by atoms with Gasteiger partial charge >= 0.3 is 0 Å². The molecule has 1 N–H and O–H groups in total. The topological polar surface area (TPSA) is 115 Å². The highest BCUT2D eigenvalue weighted by Gasteiger charge is 2.69. The molecule has 0 unspecified atom stereocenters. The molecule has 0 amide bonds. The van der Waals surface area contributed by atoms with Crippen molar-refractivity contribution in [3.8, 4) is 11.6 Å². The molecule has 0 radical (unpaired) electrons. The molecule has 63 heavy (non-hydrogen) atoms. The molecule has 2 heterocycles. The smallest absolute Gasteiger partial charge is 0.265 e. The van der Waals surface area contributed by atoms with Crippen LogP contribution in [-0.2, 0) is 35.3 Å². The SMILES string of the molecule is C=CCN(CC=C)[C@@H]1c2onc(OCc3ccccc3)c2C(=O)[C@@]2(O[Si](C)(C)C(C)(C)C)C(=O)C3=C(O)c4c(c(F)c5c(c4OCc4ccccc4)C[C@@H]4CCN(C)[C@H]54)C[C@H]3C[C@@H]12. The van der Waals surface area contributed by atoms with Crippen molar-refractivity contribution in [2.45, 2.75) is 95.5 Å². The number of aliphatic hydroxyl groups is 1. The predicted molar refractivity (Wildman–Crippen MR) is 242 cm³/mol. The van der Waals surface area contributed by atoms with E-state index in [0.717, 1.165) is 29.7 Å². The second kappa shape index (κ2) is 16.1. The Morgan fingerprint density at radius 3 is 2.21 bits per heavy atom. The summed E-state index contributed by atoms with van der Waals surface area (Å²) in [7, 11) is -0.988. The molecule has 0 spiro atoms. The van der Waals surface area contributed by atoms with Gasteiger partial charge in [0.15, 0.2) is 19.7 Å². The maximum Gasteiger partial charge on any atom is 0.265 e. The second-order valence-corrected chi connectivity index (χ2v) is 24.3. The number of aromatic nitrogens is 1. The number of hydrogen-bond donors (Lipinski definition) is 1. The number of aliphatic hydroxyl groups excluding tert-OH is 1. The van der Waals surface area contributed by atoms with Crippen LogP contribution in [0.2, 0.25) is 18.1 Å². The Morgan fingerprint density at radius 1 is 0.952 bits per heavy atom. The fraction of sp³-hybridized carbons (Fsp3) is 0.431. The van der Waals surface area contributed by atoms with E-state index in [4.69, 9.17) is 18.4 Å². The highest BCUT2D eigenvalue weighted by molar-refractivity contribution is 6.74. The summed E-state index contributed by atoms with van der Waals surface area (Å²) in [5.41, 5.74) is 1.63. The van der Waals surface area contributed by atoms with Gasteiger partial charge in [-0.15, -0.1) is 13.2 Å². The third-order valence-corrected chi connectivity index (χ3v) is 19.3. The van der Waals surface area contributed by atoms with Gasteiger partial charge in [0, 0.05) is 47.3 Å². The minimum atomic E-state index is -3.02. The van der Waals surface area contributed by atoms with Crippen LogP contribution in [0.5, 0.6) is 11.6 Å².